The van der Waals surface area contributed by atoms with E-state index in [-0.39, 0.29) is 0 Å². The summed E-state index contributed by atoms with van der Waals surface area (Å²) in [5.74, 6) is 0. The highest BCUT2D eigenvalue weighted by molar-refractivity contribution is 6.08. The smallest absolute Gasteiger partial charge is 0.0654 e. The van der Waals surface area contributed by atoms with Crippen LogP contribution in [-0.4, -0.2) is 11.2 Å². The number of aryl methyl sites for hydroxylation is 1. The van der Waals surface area contributed by atoms with Gasteiger partial charge in [-0.3, -0.25) is 0 Å². The quantitative estimate of drug-likeness (QED) is 0.562. The lowest BCUT2D eigenvalue weighted by atomic mass is 10.1. The zero-order chi connectivity index (χ0) is 13.9. The molecular formula is C17H20N2O. The number of nitrogens with zero attached hydrogens (tertiary/aromatic N) is 1. The zero-order valence-corrected chi connectivity index (χ0v) is 12.0. The average Bonchev–Trinajstić information content (AvgIpc) is 2.81. The Morgan fingerprint density at radius 2 is 1.80 bits per heavy atom. The van der Waals surface area contributed by atoms with Crippen molar-refractivity contribution in [2.24, 2.45) is 0 Å². The largest absolute Gasteiger partial charge is 0.341 e. The summed E-state index contributed by atoms with van der Waals surface area (Å²) in [5, 5.41) is 2.64. The molecule has 0 spiro atoms. The summed E-state index contributed by atoms with van der Waals surface area (Å²) >= 11 is 0. The number of hydroxylamine groups is 1. The van der Waals surface area contributed by atoms with E-state index in [1.807, 2.05) is 6.92 Å². The van der Waals surface area contributed by atoms with E-state index in [4.69, 9.17) is 4.84 Å². The Morgan fingerprint density at radius 1 is 1.00 bits per heavy atom. The maximum absolute atomic E-state index is 5.21. The fourth-order valence-corrected chi connectivity index (χ4v) is 2.79. The predicted molar refractivity (Wildman–Crippen MR) is 83.6 cm³/mol. The minimum absolute atomic E-state index is 0.678. The van der Waals surface area contributed by atoms with Gasteiger partial charge in [0.2, 0.25) is 0 Å². The first kappa shape index (κ1) is 13.2. The van der Waals surface area contributed by atoms with Gasteiger partial charge in [0.15, 0.2) is 0 Å². The molecule has 0 saturated carbocycles. The molecule has 2 aromatic carbocycles. The van der Waals surface area contributed by atoms with Crippen molar-refractivity contribution in [2.75, 3.05) is 6.61 Å². The standard InChI is InChI=1S/C17H20N2O/c1-3-19-16-8-6-5-7-14(16)15-11-13(9-10-17(15)19)12-18-20-4-2/h5-11,18H,3-4,12H2,1-2H3. The van der Waals surface area contributed by atoms with Gasteiger partial charge in [-0.05, 0) is 37.6 Å². The molecule has 0 bridgehead atoms. The van der Waals surface area contributed by atoms with Gasteiger partial charge < -0.3 is 9.40 Å². The van der Waals surface area contributed by atoms with Crippen molar-refractivity contribution >= 4 is 21.8 Å². The van der Waals surface area contributed by atoms with Crippen molar-refractivity contribution in [1.82, 2.24) is 10.0 Å². The van der Waals surface area contributed by atoms with Crippen molar-refractivity contribution in [1.29, 1.82) is 0 Å². The Balaban J connectivity index is 2.11. The first-order chi connectivity index (χ1) is 9.85. The Hall–Kier alpha value is -1.84. The maximum atomic E-state index is 5.21. The number of nitrogens with one attached hydrogen (secondary N) is 1. The van der Waals surface area contributed by atoms with Crippen LogP contribution < -0.4 is 5.48 Å². The van der Waals surface area contributed by atoms with Crippen LogP contribution in [0, 0.1) is 0 Å². The van der Waals surface area contributed by atoms with Crippen molar-refractivity contribution in [2.45, 2.75) is 26.9 Å². The van der Waals surface area contributed by atoms with E-state index in [2.05, 4.69) is 59.4 Å². The van der Waals surface area contributed by atoms with Crippen LogP contribution in [0.25, 0.3) is 21.8 Å². The van der Waals surface area contributed by atoms with Crippen molar-refractivity contribution < 1.29 is 4.84 Å². The molecule has 0 saturated heterocycles. The minimum atomic E-state index is 0.678. The van der Waals surface area contributed by atoms with Gasteiger partial charge in [-0.2, -0.15) is 5.48 Å². The minimum Gasteiger partial charge on any atom is -0.341 e. The van der Waals surface area contributed by atoms with Crippen LogP contribution >= 0.6 is 0 Å². The molecule has 3 rings (SSSR count). The average molecular weight is 268 g/mol. The molecule has 0 atom stereocenters. The van der Waals surface area contributed by atoms with Crippen LogP contribution in [0.4, 0.5) is 0 Å². The fourth-order valence-electron chi connectivity index (χ4n) is 2.79. The summed E-state index contributed by atoms with van der Waals surface area (Å²) in [4.78, 5) is 5.21. The second-order valence-electron chi connectivity index (χ2n) is 4.87. The van der Waals surface area contributed by atoms with Crippen LogP contribution in [0.15, 0.2) is 42.5 Å². The Kier molecular flexibility index (Phi) is 3.72. The molecule has 0 amide bonds. The molecule has 3 heteroatoms. The van der Waals surface area contributed by atoms with E-state index >= 15 is 0 Å². The molecular weight excluding hydrogens is 248 g/mol. The molecule has 1 heterocycles. The van der Waals surface area contributed by atoms with Gasteiger partial charge in [0.05, 0.1) is 6.61 Å². The van der Waals surface area contributed by atoms with E-state index in [9.17, 15) is 0 Å². The number of fused-ring (bicyclic) bond motifs is 3. The molecule has 0 fully saturated rings. The van der Waals surface area contributed by atoms with Gasteiger partial charge in [-0.15, -0.1) is 0 Å². The second kappa shape index (κ2) is 5.65. The van der Waals surface area contributed by atoms with Crippen molar-refractivity contribution in [3.05, 3.63) is 48.0 Å². The summed E-state index contributed by atoms with van der Waals surface area (Å²) in [5.41, 5.74) is 6.82. The van der Waals surface area contributed by atoms with E-state index in [1.54, 1.807) is 0 Å². The lowest BCUT2D eigenvalue weighted by molar-refractivity contribution is 0.0463. The Labute approximate surface area is 119 Å². The second-order valence-corrected chi connectivity index (χ2v) is 4.87. The first-order valence-corrected chi connectivity index (χ1v) is 7.19. The SMILES string of the molecule is CCONCc1ccc2c(c1)c1ccccc1n2CC. The van der Waals surface area contributed by atoms with Gasteiger partial charge in [0.1, 0.15) is 0 Å². The van der Waals surface area contributed by atoms with Gasteiger partial charge in [0, 0.05) is 34.9 Å². The van der Waals surface area contributed by atoms with Crippen LogP contribution in [0.3, 0.4) is 0 Å². The summed E-state index contributed by atoms with van der Waals surface area (Å²) < 4.78 is 2.37. The highest BCUT2D eigenvalue weighted by Gasteiger charge is 2.09. The Morgan fingerprint density at radius 3 is 2.60 bits per heavy atom. The number of benzene rings is 2. The normalized spacial score (nSPS) is 11.5. The number of hydrogen-bond acceptors (Lipinski definition) is 2. The molecule has 0 unspecified atom stereocenters. The monoisotopic (exact) mass is 268 g/mol. The summed E-state index contributed by atoms with van der Waals surface area (Å²) in [6, 6.07) is 15.2. The number of rotatable bonds is 5. The molecule has 0 radical (unpaired) electrons. The van der Waals surface area contributed by atoms with Crippen LogP contribution in [0.2, 0.25) is 0 Å². The van der Waals surface area contributed by atoms with Crippen LogP contribution in [0.1, 0.15) is 19.4 Å². The molecule has 1 aromatic heterocycles. The molecule has 104 valence electrons. The lowest BCUT2D eigenvalue weighted by Crippen LogP contribution is -2.13. The van der Waals surface area contributed by atoms with Crippen molar-refractivity contribution in [3.63, 3.8) is 0 Å². The summed E-state index contributed by atoms with van der Waals surface area (Å²) in [7, 11) is 0. The molecule has 0 aliphatic heterocycles. The highest BCUT2D eigenvalue weighted by Crippen LogP contribution is 2.29. The van der Waals surface area contributed by atoms with Gasteiger partial charge in [0.25, 0.3) is 0 Å². The number of aromatic nitrogens is 1. The van der Waals surface area contributed by atoms with Crippen LogP contribution in [0.5, 0.6) is 0 Å². The fraction of sp³-hybridized carbons (Fsp3) is 0.294. The lowest BCUT2D eigenvalue weighted by Gasteiger charge is -2.05. The molecule has 3 nitrogen and oxygen atoms in total. The third-order valence-corrected chi connectivity index (χ3v) is 3.68. The molecule has 1 N–H and O–H groups in total. The third-order valence-electron chi connectivity index (χ3n) is 3.68. The topological polar surface area (TPSA) is 26.2 Å². The maximum Gasteiger partial charge on any atom is 0.0654 e. The molecule has 0 aliphatic rings. The van der Waals surface area contributed by atoms with E-state index in [0.29, 0.717) is 6.61 Å². The van der Waals surface area contributed by atoms with E-state index in [1.165, 1.54) is 27.4 Å². The van der Waals surface area contributed by atoms with Crippen LogP contribution in [-0.2, 0) is 17.9 Å². The number of para-hydroxylation sites is 1. The molecule has 0 aliphatic carbocycles. The predicted octanol–water partition coefficient (Wildman–Crippen LogP) is 3.86. The summed E-state index contributed by atoms with van der Waals surface area (Å²) in [6.45, 7) is 6.56. The third kappa shape index (κ3) is 2.19. The van der Waals surface area contributed by atoms with Crippen molar-refractivity contribution in [3.8, 4) is 0 Å². The van der Waals surface area contributed by atoms with E-state index < -0.39 is 0 Å². The molecule has 3 aromatic rings. The number of hydrogen-bond donors (Lipinski definition) is 1. The first-order valence-electron chi connectivity index (χ1n) is 7.19. The highest BCUT2D eigenvalue weighted by atomic mass is 16.6. The molecule has 20 heavy (non-hydrogen) atoms. The summed E-state index contributed by atoms with van der Waals surface area (Å²) in [6.07, 6.45) is 0. The van der Waals surface area contributed by atoms with Gasteiger partial charge in [-0.1, -0.05) is 24.3 Å². The Bertz CT molecular complexity index is 730. The van der Waals surface area contributed by atoms with Gasteiger partial charge >= 0.3 is 0 Å². The van der Waals surface area contributed by atoms with Gasteiger partial charge in [-0.25, -0.2) is 0 Å². The van der Waals surface area contributed by atoms with E-state index in [0.717, 1.165) is 13.1 Å². The zero-order valence-electron chi connectivity index (χ0n) is 12.0.